The third-order valence-electron chi connectivity index (χ3n) is 4.21. The topological polar surface area (TPSA) is 82.6 Å². The van der Waals surface area contributed by atoms with Crippen LogP contribution in [0.4, 0.5) is 17.2 Å². The van der Waals surface area contributed by atoms with Gasteiger partial charge in [0, 0.05) is 47.4 Å². The summed E-state index contributed by atoms with van der Waals surface area (Å²) in [5.41, 5.74) is 4.23. The Morgan fingerprint density at radius 3 is 2.76 bits per heavy atom. The molecule has 0 saturated heterocycles. The molecule has 2 aromatic heterocycles. The first kappa shape index (κ1) is 15.3. The lowest BCUT2D eigenvalue weighted by Crippen LogP contribution is -2.32. The highest BCUT2D eigenvalue weighted by Gasteiger charge is 2.17. The molecule has 0 atom stereocenters. The van der Waals surface area contributed by atoms with E-state index in [4.69, 9.17) is 0 Å². The Morgan fingerprint density at radius 1 is 1.20 bits per heavy atom. The van der Waals surface area contributed by atoms with Crippen LogP contribution >= 0.6 is 0 Å². The number of hydrogen-bond donors (Lipinski definition) is 2. The highest BCUT2D eigenvalue weighted by Crippen LogP contribution is 2.30. The van der Waals surface area contributed by atoms with Gasteiger partial charge in [0.25, 0.3) is 0 Å². The van der Waals surface area contributed by atoms with Gasteiger partial charge in [-0.15, -0.1) is 10.2 Å². The van der Waals surface area contributed by atoms with E-state index in [1.807, 2.05) is 30.5 Å². The van der Waals surface area contributed by atoms with Crippen molar-refractivity contribution in [1.29, 1.82) is 0 Å². The van der Waals surface area contributed by atoms with E-state index in [0.717, 1.165) is 29.2 Å². The van der Waals surface area contributed by atoms with E-state index in [1.165, 1.54) is 5.69 Å². The molecule has 1 aliphatic heterocycles. The smallest absolute Gasteiger partial charge is 0.204 e. The van der Waals surface area contributed by atoms with Crippen LogP contribution in [0, 0.1) is 0 Å². The number of anilines is 3. The normalized spacial score (nSPS) is 13.2. The molecule has 0 aliphatic carbocycles. The molecule has 0 spiro atoms. The van der Waals surface area contributed by atoms with Crippen molar-refractivity contribution < 1.29 is 0 Å². The van der Waals surface area contributed by atoms with Gasteiger partial charge in [-0.3, -0.25) is 0 Å². The average molecular weight is 333 g/mol. The third-order valence-corrected chi connectivity index (χ3v) is 4.21. The summed E-state index contributed by atoms with van der Waals surface area (Å²) in [6.07, 6.45) is 6.22. The summed E-state index contributed by atoms with van der Waals surface area (Å²) in [4.78, 5) is 6.89. The molecule has 0 bridgehead atoms. The summed E-state index contributed by atoms with van der Waals surface area (Å²) in [7, 11) is 0. The number of rotatable bonds is 4. The van der Waals surface area contributed by atoms with Gasteiger partial charge < -0.3 is 10.2 Å². The number of nitrogens with one attached hydrogen (secondary N) is 2. The fourth-order valence-corrected chi connectivity index (χ4v) is 2.92. The summed E-state index contributed by atoms with van der Waals surface area (Å²) >= 11 is 0. The number of benzene rings is 1. The molecular weight excluding hydrogens is 314 g/mol. The van der Waals surface area contributed by atoms with Crippen molar-refractivity contribution in [2.75, 3.05) is 16.8 Å². The van der Waals surface area contributed by atoms with Gasteiger partial charge in [-0.05, 0) is 43.3 Å². The van der Waals surface area contributed by atoms with Crippen molar-refractivity contribution in [3.63, 3.8) is 0 Å². The second-order valence-corrected chi connectivity index (χ2v) is 6.21. The van der Waals surface area contributed by atoms with Crippen molar-refractivity contribution in [3.8, 4) is 11.4 Å². The highest BCUT2D eigenvalue weighted by molar-refractivity contribution is 5.75. The first-order valence-electron chi connectivity index (χ1n) is 8.25. The van der Waals surface area contributed by atoms with E-state index < -0.39 is 0 Å². The van der Waals surface area contributed by atoms with E-state index >= 15 is 0 Å². The fourth-order valence-electron chi connectivity index (χ4n) is 2.92. The van der Waals surface area contributed by atoms with Gasteiger partial charge in [-0.1, -0.05) is 12.2 Å². The SMILES string of the molecule is CC(C)N1CC=Cc2cnc(Nc3ccc(-c4nn[nH]n4)cc3)cc21. The quantitative estimate of drug-likeness (QED) is 0.762. The lowest BCUT2D eigenvalue weighted by molar-refractivity contribution is 0.719. The van der Waals surface area contributed by atoms with Crippen molar-refractivity contribution in [2.24, 2.45) is 0 Å². The molecule has 2 N–H and O–H groups in total. The number of tetrazole rings is 1. The van der Waals surface area contributed by atoms with Crippen molar-refractivity contribution in [1.82, 2.24) is 25.6 Å². The molecule has 7 nitrogen and oxygen atoms in total. The largest absolute Gasteiger partial charge is 0.365 e. The van der Waals surface area contributed by atoms with Crippen LogP contribution in [0.2, 0.25) is 0 Å². The van der Waals surface area contributed by atoms with Crippen LogP contribution in [0.1, 0.15) is 19.4 Å². The van der Waals surface area contributed by atoms with E-state index in [2.05, 4.69) is 67.9 Å². The Bertz CT molecular complexity index is 882. The second kappa shape index (κ2) is 6.35. The van der Waals surface area contributed by atoms with Crippen LogP contribution in [0.25, 0.3) is 17.5 Å². The predicted molar refractivity (Wildman–Crippen MR) is 98.6 cm³/mol. The van der Waals surface area contributed by atoms with Crippen LogP contribution in [0.15, 0.2) is 42.6 Å². The second-order valence-electron chi connectivity index (χ2n) is 6.21. The van der Waals surface area contributed by atoms with Gasteiger partial charge in [-0.25, -0.2) is 4.98 Å². The summed E-state index contributed by atoms with van der Waals surface area (Å²) in [5.74, 6) is 1.41. The molecule has 3 heterocycles. The van der Waals surface area contributed by atoms with Crippen LogP contribution in [-0.4, -0.2) is 38.2 Å². The first-order valence-corrected chi connectivity index (χ1v) is 8.25. The maximum absolute atomic E-state index is 4.52. The van der Waals surface area contributed by atoms with Crippen molar-refractivity contribution >= 4 is 23.3 Å². The molecule has 0 radical (unpaired) electrons. The molecule has 0 unspecified atom stereocenters. The standard InChI is InChI=1S/C18H19N7/c1-12(2)25-9-3-4-14-11-19-17(10-16(14)25)20-15-7-5-13(6-8-15)18-21-23-24-22-18/h3-8,10-12H,9H2,1-2H3,(H,19,20)(H,21,22,23,24). The molecular formula is C18H19N7. The Morgan fingerprint density at radius 2 is 2.04 bits per heavy atom. The lowest BCUT2D eigenvalue weighted by Gasteiger charge is -2.32. The minimum absolute atomic E-state index is 0.438. The third kappa shape index (κ3) is 3.08. The zero-order chi connectivity index (χ0) is 17.2. The van der Waals surface area contributed by atoms with Gasteiger partial charge in [0.1, 0.15) is 5.82 Å². The molecule has 0 saturated carbocycles. The molecule has 0 fully saturated rings. The number of fused-ring (bicyclic) bond motifs is 1. The average Bonchev–Trinajstić information content (AvgIpc) is 3.16. The van der Waals surface area contributed by atoms with Gasteiger partial charge in [0.2, 0.25) is 5.82 Å². The molecule has 1 aliphatic rings. The molecule has 1 aromatic carbocycles. The number of pyridine rings is 1. The van der Waals surface area contributed by atoms with E-state index in [1.54, 1.807) is 0 Å². The monoisotopic (exact) mass is 333 g/mol. The number of aromatic amines is 1. The molecule has 3 aromatic rings. The van der Waals surface area contributed by atoms with E-state index in [9.17, 15) is 0 Å². The molecule has 4 rings (SSSR count). The summed E-state index contributed by atoms with van der Waals surface area (Å²) in [6, 6.07) is 10.4. The highest BCUT2D eigenvalue weighted by atomic mass is 15.5. The predicted octanol–water partition coefficient (Wildman–Crippen LogP) is 3.25. The first-order chi connectivity index (χ1) is 12.2. The summed E-state index contributed by atoms with van der Waals surface area (Å²) < 4.78 is 0. The fraction of sp³-hybridized carbons (Fsp3) is 0.222. The van der Waals surface area contributed by atoms with Crippen molar-refractivity contribution in [2.45, 2.75) is 19.9 Å². The van der Waals surface area contributed by atoms with Gasteiger partial charge in [0.05, 0.1) is 0 Å². The molecule has 126 valence electrons. The Labute approximate surface area is 145 Å². The van der Waals surface area contributed by atoms with Gasteiger partial charge >= 0.3 is 0 Å². The molecule has 25 heavy (non-hydrogen) atoms. The zero-order valence-corrected chi connectivity index (χ0v) is 14.1. The number of aromatic nitrogens is 5. The van der Waals surface area contributed by atoms with E-state index in [0.29, 0.717) is 11.9 Å². The van der Waals surface area contributed by atoms with Crippen LogP contribution in [0.3, 0.4) is 0 Å². The minimum Gasteiger partial charge on any atom is -0.365 e. The van der Waals surface area contributed by atoms with Crippen LogP contribution in [0.5, 0.6) is 0 Å². The zero-order valence-electron chi connectivity index (χ0n) is 14.1. The molecule has 7 heteroatoms. The summed E-state index contributed by atoms with van der Waals surface area (Å²) in [6.45, 7) is 5.33. The Hall–Kier alpha value is -3.22. The maximum atomic E-state index is 4.52. The van der Waals surface area contributed by atoms with Crippen molar-refractivity contribution in [3.05, 3.63) is 48.2 Å². The maximum Gasteiger partial charge on any atom is 0.204 e. The van der Waals surface area contributed by atoms with E-state index in [-0.39, 0.29) is 0 Å². The number of nitrogens with zero attached hydrogens (tertiary/aromatic N) is 5. The van der Waals surface area contributed by atoms with Crippen LogP contribution in [-0.2, 0) is 0 Å². The lowest BCUT2D eigenvalue weighted by atomic mass is 10.1. The number of H-pyrrole nitrogens is 1. The molecule has 0 amide bonds. The van der Waals surface area contributed by atoms with Gasteiger partial charge in [0.15, 0.2) is 0 Å². The minimum atomic E-state index is 0.438. The van der Waals surface area contributed by atoms with Gasteiger partial charge in [-0.2, -0.15) is 5.21 Å². The number of hydrogen-bond acceptors (Lipinski definition) is 6. The Kier molecular flexibility index (Phi) is 3.89. The van der Waals surface area contributed by atoms with Crippen LogP contribution < -0.4 is 10.2 Å². The Balaban J connectivity index is 1.57. The summed E-state index contributed by atoms with van der Waals surface area (Å²) in [5, 5.41) is 17.4.